The molecule has 102 valence electrons. The molecule has 0 amide bonds. The summed E-state index contributed by atoms with van der Waals surface area (Å²) in [6.07, 6.45) is 0. The quantitative estimate of drug-likeness (QED) is 0.815. The Morgan fingerprint density at radius 2 is 1.89 bits per heavy atom. The Hall–Kier alpha value is -0.720. The zero-order chi connectivity index (χ0) is 13.8. The maximum Gasteiger partial charge on any atom is 0.243 e. The summed E-state index contributed by atoms with van der Waals surface area (Å²) in [6.45, 7) is 4.26. The zero-order valence-electron chi connectivity index (χ0n) is 10.8. The molecule has 0 aromatic heterocycles. The molecule has 0 fully saturated rings. The fourth-order valence-corrected chi connectivity index (χ4v) is 3.11. The van der Waals surface area contributed by atoms with Gasteiger partial charge in [-0.2, -0.15) is 16.9 Å². The predicted octanol–water partition coefficient (Wildman–Crippen LogP) is 2.02. The lowest BCUT2D eigenvalue weighted by Crippen LogP contribution is -2.36. The van der Waals surface area contributed by atoms with Crippen molar-refractivity contribution in [2.45, 2.75) is 24.8 Å². The lowest BCUT2D eigenvalue weighted by Gasteiger charge is -2.22. The molecule has 0 heterocycles. The molecule has 0 N–H and O–H groups in total. The van der Waals surface area contributed by atoms with Crippen molar-refractivity contribution in [3.63, 3.8) is 0 Å². The third kappa shape index (κ3) is 3.40. The number of thiol groups is 1. The minimum Gasteiger partial charge on any atom is -0.494 e. The van der Waals surface area contributed by atoms with E-state index in [9.17, 15) is 8.42 Å². The summed E-state index contributed by atoms with van der Waals surface area (Å²) in [6, 6.07) is 6.29. The monoisotopic (exact) mass is 289 g/mol. The average Bonchev–Trinajstić information content (AvgIpc) is 2.38. The van der Waals surface area contributed by atoms with Gasteiger partial charge in [-0.05, 0) is 38.1 Å². The second kappa shape index (κ2) is 6.45. The standard InChI is InChI=1S/C12H19NO3S2/c1-4-16-11-5-7-12(8-6-11)18(14,15)13(3)10(2)9-17/h5-8,10,17H,4,9H2,1-3H3/t10-/m1/s1. The fraction of sp³-hybridized carbons (Fsp3) is 0.500. The number of nitrogens with zero attached hydrogens (tertiary/aromatic N) is 1. The summed E-state index contributed by atoms with van der Waals surface area (Å²) in [5, 5.41) is 0. The van der Waals surface area contributed by atoms with Gasteiger partial charge in [0.2, 0.25) is 10.0 Å². The maximum absolute atomic E-state index is 12.3. The summed E-state index contributed by atoms with van der Waals surface area (Å²) >= 11 is 4.12. The van der Waals surface area contributed by atoms with E-state index in [4.69, 9.17) is 4.74 Å². The SMILES string of the molecule is CCOc1ccc(S(=O)(=O)N(C)[C@H](C)CS)cc1. The molecule has 0 saturated carbocycles. The number of rotatable bonds is 6. The van der Waals surface area contributed by atoms with Gasteiger partial charge in [0.05, 0.1) is 11.5 Å². The van der Waals surface area contributed by atoms with Crippen LogP contribution >= 0.6 is 12.6 Å². The summed E-state index contributed by atoms with van der Waals surface area (Å²) in [5.74, 6) is 1.15. The van der Waals surface area contributed by atoms with Crippen molar-refractivity contribution < 1.29 is 13.2 Å². The second-order valence-electron chi connectivity index (χ2n) is 3.96. The van der Waals surface area contributed by atoms with E-state index in [-0.39, 0.29) is 10.9 Å². The minimum absolute atomic E-state index is 0.148. The Morgan fingerprint density at radius 3 is 2.33 bits per heavy atom. The molecule has 4 nitrogen and oxygen atoms in total. The minimum atomic E-state index is -3.45. The third-order valence-electron chi connectivity index (χ3n) is 2.70. The van der Waals surface area contributed by atoms with Crippen LogP contribution in [0.3, 0.4) is 0 Å². The van der Waals surface area contributed by atoms with Crippen molar-refractivity contribution in [3.05, 3.63) is 24.3 Å². The van der Waals surface area contributed by atoms with Crippen molar-refractivity contribution in [2.75, 3.05) is 19.4 Å². The molecule has 1 atom stereocenters. The van der Waals surface area contributed by atoms with Gasteiger partial charge < -0.3 is 4.74 Å². The smallest absolute Gasteiger partial charge is 0.243 e. The maximum atomic E-state index is 12.3. The fourth-order valence-electron chi connectivity index (χ4n) is 1.39. The zero-order valence-corrected chi connectivity index (χ0v) is 12.5. The van der Waals surface area contributed by atoms with E-state index in [1.54, 1.807) is 31.3 Å². The highest BCUT2D eigenvalue weighted by Crippen LogP contribution is 2.20. The van der Waals surface area contributed by atoms with Crippen LogP contribution in [0.5, 0.6) is 5.75 Å². The molecule has 1 rings (SSSR count). The first kappa shape index (κ1) is 15.3. The topological polar surface area (TPSA) is 46.6 Å². The number of sulfonamides is 1. The van der Waals surface area contributed by atoms with Crippen molar-refractivity contribution in [1.29, 1.82) is 0 Å². The van der Waals surface area contributed by atoms with Gasteiger partial charge in [0.25, 0.3) is 0 Å². The Labute approximate surface area is 114 Å². The van der Waals surface area contributed by atoms with Gasteiger partial charge in [-0.25, -0.2) is 8.42 Å². The van der Waals surface area contributed by atoms with Crippen LogP contribution in [0.1, 0.15) is 13.8 Å². The van der Waals surface area contributed by atoms with Crippen LogP contribution in [-0.4, -0.2) is 38.2 Å². The van der Waals surface area contributed by atoms with E-state index < -0.39 is 10.0 Å². The Morgan fingerprint density at radius 1 is 1.33 bits per heavy atom. The first-order valence-corrected chi connectivity index (χ1v) is 7.82. The van der Waals surface area contributed by atoms with Gasteiger partial charge in [-0.1, -0.05) is 0 Å². The van der Waals surface area contributed by atoms with Crippen LogP contribution in [0.25, 0.3) is 0 Å². The number of hydrogen-bond donors (Lipinski definition) is 1. The molecule has 0 aliphatic rings. The van der Waals surface area contributed by atoms with E-state index >= 15 is 0 Å². The van der Waals surface area contributed by atoms with Crippen LogP contribution in [0.4, 0.5) is 0 Å². The van der Waals surface area contributed by atoms with Crippen molar-refractivity contribution in [3.8, 4) is 5.75 Å². The lowest BCUT2D eigenvalue weighted by atomic mass is 10.3. The molecule has 1 aromatic carbocycles. The predicted molar refractivity (Wildman–Crippen MR) is 75.9 cm³/mol. The molecule has 1 aromatic rings. The van der Waals surface area contributed by atoms with Crippen molar-refractivity contribution >= 4 is 22.7 Å². The Bertz CT molecular complexity index is 471. The van der Waals surface area contributed by atoms with Crippen LogP contribution in [-0.2, 0) is 10.0 Å². The van der Waals surface area contributed by atoms with Crippen LogP contribution in [0, 0.1) is 0 Å². The Kier molecular flexibility index (Phi) is 5.49. The number of ether oxygens (including phenoxy) is 1. The molecule has 0 saturated heterocycles. The van der Waals surface area contributed by atoms with Crippen LogP contribution in [0.15, 0.2) is 29.2 Å². The van der Waals surface area contributed by atoms with E-state index in [0.717, 1.165) is 0 Å². The first-order chi connectivity index (χ1) is 8.43. The van der Waals surface area contributed by atoms with Crippen molar-refractivity contribution in [1.82, 2.24) is 4.31 Å². The van der Waals surface area contributed by atoms with Gasteiger partial charge in [-0.3, -0.25) is 0 Å². The van der Waals surface area contributed by atoms with Gasteiger partial charge in [0.15, 0.2) is 0 Å². The second-order valence-corrected chi connectivity index (χ2v) is 6.32. The Balaban J connectivity index is 2.98. The third-order valence-corrected chi connectivity index (χ3v) is 5.21. The normalized spacial score (nSPS) is 13.6. The highest BCUT2D eigenvalue weighted by atomic mass is 32.2. The van der Waals surface area contributed by atoms with Gasteiger partial charge >= 0.3 is 0 Å². The molecule has 0 aliphatic carbocycles. The van der Waals surface area contributed by atoms with Gasteiger partial charge in [0.1, 0.15) is 5.75 Å². The largest absolute Gasteiger partial charge is 0.494 e. The van der Waals surface area contributed by atoms with Crippen LogP contribution < -0.4 is 4.74 Å². The molecule has 0 unspecified atom stereocenters. The molecular formula is C12H19NO3S2. The summed E-state index contributed by atoms with van der Waals surface area (Å²) in [4.78, 5) is 0.266. The van der Waals surface area contributed by atoms with E-state index in [0.29, 0.717) is 18.1 Å². The van der Waals surface area contributed by atoms with E-state index in [1.807, 2.05) is 13.8 Å². The van der Waals surface area contributed by atoms with E-state index in [1.165, 1.54) is 4.31 Å². The average molecular weight is 289 g/mol. The van der Waals surface area contributed by atoms with Crippen LogP contribution in [0.2, 0.25) is 0 Å². The molecular weight excluding hydrogens is 270 g/mol. The van der Waals surface area contributed by atoms with Gasteiger partial charge in [0, 0.05) is 18.8 Å². The summed E-state index contributed by atoms with van der Waals surface area (Å²) in [5.41, 5.74) is 0. The number of benzene rings is 1. The summed E-state index contributed by atoms with van der Waals surface area (Å²) < 4.78 is 31.1. The van der Waals surface area contributed by atoms with Gasteiger partial charge in [-0.15, -0.1) is 0 Å². The molecule has 0 radical (unpaired) electrons. The molecule has 0 spiro atoms. The van der Waals surface area contributed by atoms with E-state index in [2.05, 4.69) is 12.6 Å². The lowest BCUT2D eigenvalue weighted by molar-refractivity contribution is 0.340. The molecule has 6 heteroatoms. The molecule has 0 aliphatic heterocycles. The summed E-state index contributed by atoms with van der Waals surface area (Å²) in [7, 11) is -1.89. The highest BCUT2D eigenvalue weighted by Gasteiger charge is 2.24. The number of hydrogen-bond acceptors (Lipinski definition) is 4. The first-order valence-electron chi connectivity index (χ1n) is 5.75. The molecule has 18 heavy (non-hydrogen) atoms. The molecule has 0 bridgehead atoms. The highest BCUT2D eigenvalue weighted by molar-refractivity contribution is 7.89. The van der Waals surface area contributed by atoms with Crippen molar-refractivity contribution in [2.24, 2.45) is 0 Å².